The average Bonchev–Trinajstić information content (AvgIpc) is 3.19. The normalized spacial score (nSPS) is 42.3. The Kier molecular flexibility index (Phi) is 5.28. The number of aromatic amines is 1. The van der Waals surface area contributed by atoms with Gasteiger partial charge in [-0.25, -0.2) is 4.98 Å². The lowest BCUT2D eigenvalue weighted by Crippen LogP contribution is -2.66. The van der Waals surface area contributed by atoms with Gasteiger partial charge in [-0.3, -0.25) is 9.59 Å². The number of fused-ring (bicyclic) bond motifs is 1. The molecule has 188 valence electrons. The zero-order valence-corrected chi connectivity index (χ0v) is 20.6. The third-order valence-electron chi connectivity index (χ3n) is 9.95. The van der Waals surface area contributed by atoms with Gasteiger partial charge < -0.3 is 25.7 Å². The summed E-state index contributed by atoms with van der Waals surface area (Å²) < 4.78 is 6.35. The number of hydrogen-bond acceptors (Lipinski definition) is 7. The van der Waals surface area contributed by atoms with Crippen molar-refractivity contribution in [3.63, 3.8) is 0 Å². The van der Waals surface area contributed by atoms with Gasteiger partial charge in [0, 0.05) is 24.9 Å². The van der Waals surface area contributed by atoms with Gasteiger partial charge in [-0.05, 0) is 81.1 Å². The van der Waals surface area contributed by atoms with Crippen LogP contribution in [0.1, 0.15) is 57.7 Å². The summed E-state index contributed by atoms with van der Waals surface area (Å²) in [5.74, 6) is 2.13. The number of rotatable bonds is 7. The van der Waals surface area contributed by atoms with E-state index in [1.807, 2.05) is 4.90 Å². The molecule has 1 amide bonds. The first-order valence-corrected chi connectivity index (χ1v) is 13.1. The van der Waals surface area contributed by atoms with E-state index in [1.165, 1.54) is 0 Å². The molecule has 8 unspecified atom stereocenters. The highest BCUT2D eigenvalue weighted by Crippen LogP contribution is 2.64. The van der Waals surface area contributed by atoms with Gasteiger partial charge in [-0.1, -0.05) is 6.92 Å². The van der Waals surface area contributed by atoms with Gasteiger partial charge in [0.25, 0.3) is 0 Å². The van der Waals surface area contributed by atoms with Crippen LogP contribution in [0.4, 0.5) is 0 Å². The molecule has 1 aromatic heterocycles. The molecular weight excluding hydrogens is 444 g/mol. The topological polar surface area (TPSA) is 137 Å². The quantitative estimate of drug-likeness (QED) is 0.503. The average molecular weight is 481 g/mol. The molecule has 0 spiro atoms. The van der Waals surface area contributed by atoms with Gasteiger partial charge in [-0.15, -0.1) is 0 Å². The lowest BCUT2D eigenvalue weighted by atomic mass is 9.46. The monoisotopic (exact) mass is 480 g/mol. The van der Waals surface area contributed by atoms with Crippen LogP contribution in [0.3, 0.4) is 0 Å². The highest BCUT2D eigenvalue weighted by atomic mass is 16.6. The molecule has 5 aliphatic carbocycles. The van der Waals surface area contributed by atoms with Crippen LogP contribution in [0.5, 0.6) is 0 Å². The van der Waals surface area contributed by atoms with Crippen molar-refractivity contribution in [3.05, 3.63) is 18.2 Å². The molecule has 4 bridgehead atoms. The second kappa shape index (κ2) is 8.04. The van der Waals surface area contributed by atoms with Crippen LogP contribution in [0, 0.1) is 40.4 Å². The summed E-state index contributed by atoms with van der Waals surface area (Å²) in [6.45, 7) is 2.16. The Hall–Kier alpha value is -2.44. The maximum absolute atomic E-state index is 13.8. The van der Waals surface area contributed by atoms with Crippen LogP contribution >= 0.6 is 0 Å². The van der Waals surface area contributed by atoms with E-state index < -0.39 is 17.7 Å². The Morgan fingerprint density at radius 3 is 2.71 bits per heavy atom. The molecule has 2 heterocycles. The number of nitrogens with zero attached hydrogens (tertiary/aromatic N) is 3. The number of carbonyl (C=O) groups is 2. The SMILES string of the molecule is CNC(Cc1ncc[nH]1)C(=O)OC12CC3CC(C1)CC(C(N)C(=O)N1C(C#N)CC4C(C)C41)(C3)C2. The molecule has 9 heteroatoms. The molecule has 0 radical (unpaired) electrons. The smallest absolute Gasteiger partial charge is 0.324 e. The van der Waals surface area contributed by atoms with E-state index >= 15 is 0 Å². The maximum atomic E-state index is 13.8. The number of carbonyl (C=O) groups excluding carboxylic acids is 2. The Morgan fingerprint density at radius 2 is 2.09 bits per heavy atom. The van der Waals surface area contributed by atoms with Crippen molar-refractivity contribution in [1.29, 1.82) is 5.26 Å². The minimum Gasteiger partial charge on any atom is -0.458 e. The predicted octanol–water partition coefficient (Wildman–Crippen LogP) is 1.51. The third-order valence-corrected chi connectivity index (χ3v) is 9.95. The summed E-state index contributed by atoms with van der Waals surface area (Å²) in [6.07, 6.45) is 9.89. The van der Waals surface area contributed by atoms with Gasteiger partial charge >= 0.3 is 5.97 Å². The molecule has 4 N–H and O–H groups in total. The van der Waals surface area contributed by atoms with Crippen molar-refractivity contribution < 1.29 is 14.3 Å². The number of likely N-dealkylation sites (tertiary alicyclic amines) is 1. The number of nitrogens with one attached hydrogen (secondary N) is 2. The molecule has 6 fully saturated rings. The summed E-state index contributed by atoms with van der Waals surface area (Å²) in [5.41, 5.74) is 5.91. The lowest BCUT2D eigenvalue weighted by Gasteiger charge is -2.62. The fourth-order valence-corrected chi connectivity index (χ4v) is 8.68. The van der Waals surface area contributed by atoms with Crippen LogP contribution in [-0.2, 0) is 20.7 Å². The Balaban J connectivity index is 1.21. The second-order valence-electron chi connectivity index (χ2n) is 12.1. The van der Waals surface area contributed by atoms with Crippen molar-refractivity contribution in [2.24, 2.45) is 34.8 Å². The number of likely N-dealkylation sites (N-methyl/N-ethyl adjacent to an activating group) is 1. The number of ether oxygens (including phenoxy) is 1. The molecule has 7 rings (SSSR count). The molecular formula is C26H36N6O3. The van der Waals surface area contributed by atoms with Crippen molar-refractivity contribution in [2.75, 3.05) is 7.05 Å². The lowest BCUT2D eigenvalue weighted by molar-refractivity contribution is -0.207. The zero-order chi connectivity index (χ0) is 24.5. The summed E-state index contributed by atoms with van der Waals surface area (Å²) in [7, 11) is 1.76. The van der Waals surface area contributed by atoms with E-state index in [1.54, 1.807) is 19.4 Å². The number of esters is 1. The minimum absolute atomic E-state index is 0.0669. The van der Waals surface area contributed by atoms with Gasteiger partial charge in [0.2, 0.25) is 5.91 Å². The molecule has 6 aliphatic rings. The van der Waals surface area contributed by atoms with E-state index in [0.717, 1.165) is 44.3 Å². The highest BCUT2D eigenvalue weighted by Gasteiger charge is 2.65. The van der Waals surface area contributed by atoms with E-state index in [-0.39, 0.29) is 29.4 Å². The summed E-state index contributed by atoms with van der Waals surface area (Å²) in [6, 6.07) is 0.996. The third kappa shape index (κ3) is 3.60. The van der Waals surface area contributed by atoms with Gasteiger partial charge in [0.1, 0.15) is 23.5 Å². The number of nitriles is 1. The number of nitrogens with two attached hydrogens (primary N) is 1. The van der Waals surface area contributed by atoms with Crippen LogP contribution in [0.15, 0.2) is 12.4 Å². The molecule has 0 aromatic carbocycles. The van der Waals surface area contributed by atoms with E-state index in [0.29, 0.717) is 36.5 Å². The summed E-state index contributed by atoms with van der Waals surface area (Å²) >= 11 is 0. The standard InChI is InChI=1S/C26H36N6O3/c1-14-18-6-17(12-27)32(21(14)18)23(33)22(28)25-8-15-5-16(9-25)11-26(10-15,13-25)35-24(34)19(29-2)7-20-30-3-4-31-20/h3-4,14-19,21-22,29H,5-11,13,28H2,1-2H3,(H,30,31). The maximum Gasteiger partial charge on any atom is 0.324 e. The minimum atomic E-state index is -0.655. The van der Waals surface area contributed by atoms with Gasteiger partial charge in [0.05, 0.1) is 12.1 Å². The second-order valence-corrected chi connectivity index (χ2v) is 12.1. The summed E-state index contributed by atoms with van der Waals surface area (Å²) in [4.78, 5) is 36.2. The number of piperidine rings is 1. The number of amides is 1. The fourth-order valence-electron chi connectivity index (χ4n) is 8.68. The predicted molar refractivity (Wildman–Crippen MR) is 126 cm³/mol. The van der Waals surface area contributed by atoms with Gasteiger partial charge in [-0.2, -0.15) is 5.26 Å². The molecule has 1 saturated heterocycles. The van der Waals surface area contributed by atoms with E-state index in [4.69, 9.17) is 10.5 Å². The van der Waals surface area contributed by atoms with Crippen LogP contribution < -0.4 is 11.1 Å². The largest absolute Gasteiger partial charge is 0.458 e. The molecule has 8 atom stereocenters. The molecule has 1 aromatic rings. The van der Waals surface area contributed by atoms with Crippen LogP contribution in [-0.4, -0.2) is 63.6 Å². The number of H-pyrrole nitrogens is 1. The number of aromatic nitrogens is 2. The number of imidazole rings is 1. The first-order chi connectivity index (χ1) is 16.8. The van der Waals surface area contributed by atoms with Crippen molar-refractivity contribution in [3.8, 4) is 6.07 Å². The van der Waals surface area contributed by atoms with E-state index in [9.17, 15) is 14.9 Å². The van der Waals surface area contributed by atoms with E-state index in [2.05, 4.69) is 28.3 Å². The van der Waals surface area contributed by atoms with Crippen molar-refractivity contribution >= 4 is 11.9 Å². The Morgan fingerprint density at radius 1 is 1.34 bits per heavy atom. The molecule has 9 nitrogen and oxygen atoms in total. The first-order valence-electron chi connectivity index (χ1n) is 13.1. The number of hydrogen-bond donors (Lipinski definition) is 3. The molecule has 1 aliphatic heterocycles. The summed E-state index contributed by atoms with van der Waals surface area (Å²) in [5, 5.41) is 12.8. The Labute approximate surface area is 206 Å². The van der Waals surface area contributed by atoms with Crippen LogP contribution in [0.25, 0.3) is 0 Å². The fraction of sp³-hybridized carbons (Fsp3) is 0.769. The first kappa shape index (κ1) is 23.0. The molecule has 35 heavy (non-hydrogen) atoms. The highest BCUT2D eigenvalue weighted by molar-refractivity contribution is 5.85. The van der Waals surface area contributed by atoms with Crippen molar-refractivity contribution in [1.82, 2.24) is 20.2 Å². The van der Waals surface area contributed by atoms with Gasteiger partial charge in [0.15, 0.2) is 0 Å². The molecule has 5 saturated carbocycles. The van der Waals surface area contributed by atoms with Crippen molar-refractivity contribution in [2.45, 2.75) is 88.1 Å². The Bertz CT molecular complexity index is 1040. The van der Waals surface area contributed by atoms with Crippen LogP contribution in [0.2, 0.25) is 0 Å². The zero-order valence-electron chi connectivity index (χ0n) is 20.6.